The summed E-state index contributed by atoms with van der Waals surface area (Å²) in [6.07, 6.45) is 44.6. The van der Waals surface area contributed by atoms with Crippen molar-refractivity contribution < 1.29 is 0 Å². The third-order valence-electron chi connectivity index (χ3n) is 11.1. The molecule has 2 N–H and O–H groups in total. The molecule has 0 unspecified atom stereocenters. The van der Waals surface area contributed by atoms with Crippen molar-refractivity contribution in [2.75, 3.05) is 0 Å². The standard InChI is InChI=1S/C45H80N4O4/c1-3-5-7-9-11-13-15-17-19-21-23-25-27-29-31-33-35-48-38-40(42(50)46-44(48)52)37-41-39-49(45(53)47-43(41)51)36-34-32-30-28-26-24-22-20-18-16-14-12-10-8-6-4-2/h38-39H,3-37H2,1-2H3,(H,46,50,52)(H,47,51,53). The van der Waals surface area contributed by atoms with Gasteiger partial charge in [0.1, 0.15) is 0 Å². The minimum Gasteiger partial charge on any atom is -0.300 e. The summed E-state index contributed by atoms with van der Waals surface area (Å²) in [7, 11) is 0. The molecule has 2 rings (SSSR count). The lowest BCUT2D eigenvalue weighted by atomic mass is 10.0. The van der Waals surface area contributed by atoms with E-state index in [4.69, 9.17) is 0 Å². The van der Waals surface area contributed by atoms with Crippen LogP contribution in [-0.2, 0) is 19.5 Å². The highest BCUT2D eigenvalue weighted by atomic mass is 16.2. The molecular formula is C45H80N4O4. The molecule has 2 heterocycles. The lowest BCUT2D eigenvalue weighted by Crippen LogP contribution is -2.34. The van der Waals surface area contributed by atoms with E-state index in [-0.39, 0.29) is 6.42 Å². The van der Waals surface area contributed by atoms with E-state index in [1.54, 1.807) is 21.5 Å². The first kappa shape index (κ1) is 46.5. The van der Waals surface area contributed by atoms with E-state index in [9.17, 15) is 19.2 Å². The lowest BCUT2D eigenvalue weighted by molar-refractivity contribution is 0.514. The van der Waals surface area contributed by atoms with Gasteiger partial charge in [0.2, 0.25) is 0 Å². The van der Waals surface area contributed by atoms with Gasteiger partial charge in [-0.05, 0) is 12.8 Å². The van der Waals surface area contributed by atoms with Gasteiger partial charge in [-0.15, -0.1) is 0 Å². The number of aromatic nitrogens is 4. The number of hydrogen-bond acceptors (Lipinski definition) is 4. The van der Waals surface area contributed by atoms with Crippen molar-refractivity contribution in [3.8, 4) is 0 Å². The Kier molecular flexibility index (Phi) is 27.8. The van der Waals surface area contributed by atoms with E-state index in [0.717, 1.165) is 38.5 Å². The van der Waals surface area contributed by atoms with Crippen LogP contribution >= 0.6 is 0 Å². The molecule has 0 bridgehead atoms. The van der Waals surface area contributed by atoms with Crippen molar-refractivity contribution in [2.24, 2.45) is 0 Å². The minimum atomic E-state index is -0.479. The zero-order valence-corrected chi connectivity index (χ0v) is 34.4. The van der Waals surface area contributed by atoms with Crippen LogP contribution in [0.2, 0.25) is 0 Å². The molecule has 0 saturated carbocycles. The highest BCUT2D eigenvalue weighted by molar-refractivity contribution is 5.18. The molecular weight excluding hydrogens is 661 g/mol. The minimum absolute atomic E-state index is 0.0726. The van der Waals surface area contributed by atoms with Crippen LogP contribution in [0.4, 0.5) is 0 Å². The van der Waals surface area contributed by atoms with E-state index in [1.807, 2.05) is 0 Å². The molecule has 0 aliphatic heterocycles. The maximum atomic E-state index is 12.7. The van der Waals surface area contributed by atoms with E-state index < -0.39 is 22.5 Å². The summed E-state index contributed by atoms with van der Waals surface area (Å²) in [6.45, 7) is 5.62. The molecule has 0 saturated heterocycles. The molecule has 0 spiro atoms. The third-order valence-corrected chi connectivity index (χ3v) is 11.1. The third kappa shape index (κ3) is 23.0. The maximum Gasteiger partial charge on any atom is 0.328 e. The first-order valence-electron chi connectivity index (χ1n) is 22.6. The fourth-order valence-electron chi connectivity index (χ4n) is 7.56. The predicted molar refractivity (Wildman–Crippen MR) is 225 cm³/mol. The molecule has 8 nitrogen and oxygen atoms in total. The summed E-state index contributed by atoms with van der Waals surface area (Å²) >= 11 is 0. The van der Waals surface area contributed by atoms with Crippen LogP contribution in [0.1, 0.15) is 230 Å². The van der Waals surface area contributed by atoms with E-state index in [1.165, 1.54) is 167 Å². The highest BCUT2D eigenvalue weighted by Gasteiger charge is 2.11. The van der Waals surface area contributed by atoms with Crippen LogP contribution in [0.25, 0.3) is 0 Å². The molecule has 304 valence electrons. The van der Waals surface area contributed by atoms with Crippen molar-refractivity contribution in [3.63, 3.8) is 0 Å². The summed E-state index contributed by atoms with van der Waals surface area (Å²) in [5.41, 5.74) is -1.07. The Bertz CT molecular complexity index is 1300. The average Bonchev–Trinajstić information content (AvgIpc) is 3.14. The van der Waals surface area contributed by atoms with Crippen molar-refractivity contribution >= 4 is 0 Å². The fourth-order valence-corrected chi connectivity index (χ4v) is 7.56. The van der Waals surface area contributed by atoms with Gasteiger partial charge in [0.05, 0.1) is 0 Å². The number of H-pyrrole nitrogens is 2. The highest BCUT2D eigenvalue weighted by Crippen LogP contribution is 2.15. The maximum absolute atomic E-state index is 12.7. The quantitative estimate of drug-likeness (QED) is 0.0678. The van der Waals surface area contributed by atoms with Crippen LogP contribution < -0.4 is 22.5 Å². The molecule has 8 heteroatoms. The van der Waals surface area contributed by atoms with Gasteiger partial charge < -0.3 is 9.13 Å². The molecule has 53 heavy (non-hydrogen) atoms. The largest absolute Gasteiger partial charge is 0.328 e. The van der Waals surface area contributed by atoms with Crippen LogP contribution in [0.3, 0.4) is 0 Å². The second kappa shape index (κ2) is 31.7. The lowest BCUT2D eigenvalue weighted by Gasteiger charge is -2.10. The zero-order valence-electron chi connectivity index (χ0n) is 34.4. The number of aromatic amines is 2. The Labute approximate surface area is 322 Å². The molecule has 0 aliphatic rings. The molecule has 0 aliphatic carbocycles. The van der Waals surface area contributed by atoms with Crippen LogP contribution in [0, 0.1) is 0 Å². The number of rotatable bonds is 36. The van der Waals surface area contributed by atoms with Crippen molar-refractivity contribution in [1.29, 1.82) is 0 Å². The van der Waals surface area contributed by atoms with Gasteiger partial charge in [-0.25, -0.2) is 9.59 Å². The van der Waals surface area contributed by atoms with Crippen molar-refractivity contribution in [3.05, 3.63) is 65.2 Å². The van der Waals surface area contributed by atoms with Gasteiger partial charge >= 0.3 is 11.4 Å². The summed E-state index contributed by atoms with van der Waals surface area (Å²) < 4.78 is 3.11. The van der Waals surface area contributed by atoms with Crippen LogP contribution in [-0.4, -0.2) is 19.1 Å². The number of unbranched alkanes of at least 4 members (excludes halogenated alkanes) is 30. The Hall–Kier alpha value is -2.64. The van der Waals surface area contributed by atoms with Crippen molar-refractivity contribution in [2.45, 2.75) is 239 Å². The fraction of sp³-hybridized carbons (Fsp3) is 0.822. The molecule has 0 fully saturated rings. The van der Waals surface area contributed by atoms with E-state index in [2.05, 4.69) is 23.8 Å². The number of aryl methyl sites for hydroxylation is 2. The van der Waals surface area contributed by atoms with Crippen molar-refractivity contribution in [1.82, 2.24) is 19.1 Å². The molecule has 2 aromatic heterocycles. The Morgan fingerprint density at radius 3 is 0.830 bits per heavy atom. The van der Waals surface area contributed by atoms with Gasteiger partial charge in [-0.3, -0.25) is 19.6 Å². The molecule has 0 amide bonds. The summed E-state index contributed by atoms with van der Waals surface area (Å²) in [5, 5.41) is 0. The SMILES string of the molecule is CCCCCCCCCCCCCCCCCCn1cc(Cc2cn(CCCCCCCCCCCCCCCCCC)c(=O)[nH]c2=O)c(=O)[nH]c1=O. The Morgan fingerprint density at radius 2 is 0.585 bits per heavy atom. The van der Waals surface area contributed by atoms with Gasteiger partial charge in [0, 0.05) is 43.0 Å². The number of nitrogens with one attached hydrogen (secondary N) is 2. The van der Waals surface area contributed by atoms with Gasteiger partial charge in [-0.1, -0.05) is 206 Å². The number of hydrogen-bond donors (Lipinski definition) is 2. The topological polar surface area (TPSA) is 110 Å². The average molecular weight is 741 g/mol. The predicted octanol–water partition coefficient (Wildman–Crippen LogP) is 11.5. The van der Waals surface area contributed by atoms with Crippen LogP contribution in [0.15, 0.2) is 31.6 Å². The van der Waals surface area contributed by atoms with Gasteiger partial charge in [0.25, 0.3) is 11.1 Å². The summed E-state index contributed by atoms with van der Waals surface area (Å²) in [6, 6.07) is 0. The summed E-state index contributed by atoms with van der Waals surface area (Å²) in [5.74, 6) is 0. The van der Waals surface area contributed by atoms with E-state index in [0.29, 0.717) is 24.2 Å². The van der Waals surface area contributed by atoms with Gasteiger partial charge in [-0.2, -0.15) is 0 Å². The normalized spacial score (nSPS) is 11.5. The summed E-state index contributed by atoms with van der Waals surface area (Å²) in [4.78, 5) is 55.3. The molecule has 0 aromatic carbocycles. The molecule has 0 radical (unpaired) electrons. The smallest absolute Gasteiger partial charge is 0.300 e. The Morgan fingerprint density at radius 1 is 0.358 bits per heavy atom. The zero-order chi connectivity index (χ0) is 38.2. The first-order chi connectivity index (χ1) is 26.0. The van der Waals surface area contributed by atoms with E-state index >= 15 is 0 Å². The monoisotopic (exact) mass is 741 g/mol. The Balaban J connectivity index is 1.61. The number of nitrogens with zero attached hydrogens (tertiary/aromatic N) is 2. The van der Waals surface area contributed by atoms with Crippen LogP contribution in [0.5, 0.6) is 0 Å². The first-order valence-corrected chi connectivity index (χ1v) is 22.6. The second-order valence-corrected chi connectivity index (χ2v) is 16.0. The molecule has 2 aromatic rings. The van der Waals surface area contributed by atoms with Gasteiger partial charge in [0.15, 0.2) is 0 Å². The second-order valence-electron chi connectivity index (χ2n) is 16.0. The molecule has 0 atom stereocenters.